The summed E-state index contributed by atoms with van der Waals surface area (Å²) in [5.74, 6) is -0.703. The van der Waals surface area contributed by atoms with Crippen LogP contribution in [0.15, 0.2) is 20.1 Å². The average Bonchev–Trinajstić information content (AvgIpc) is 2.44. The van der Waals surface area contributed by atoms with Gasteiger partial charge in [0.2, 0.25) is 0 Å². The molecule has 0 saturated heterocycles. The quantitative estimate of drug-likeness (QED) is 0.803. The van der Waals surface area contributed by atoms with Crippen molar-refractivity contribution in [2.45, 2.75) is 54.5 Å². The van der Waals surface area contributed by atoms with Gasteiger partial charge in [-0.1, -0.05) is 27.7 Å². The molecule has 6 nitrogen and oxygen atoms in total. The summed E-state index contributed by atoms with van der Waals surface area (Å²) in [7, 11) is 0. The summed E-state index contributed by atoms with van der Waals surface area (Å²) in [6, 6.07) is 1.31. The van der Waals surface area contributed by atoms with Gasteiger partial charge in [0, 0.05) is 6.04 Å². The molecule has 0 fully saturated rings. The van der Waals surface area contributed by atoms with Crippen LogP contribution in [-0.4, -0.2) is 14.8 Å². The first kappa shape index (κ1) is 18.0. The zero-order valence-electron chi connectivity index (χ0n) is 13.2. The van der Waals surface area contributed by atoms with Crippen LogP contribution in [0.25, 0.3) is 11.1 Å². The fourth-order valence-electron chi connectivity index (χ4n) is 1.50. The molecule has 0 bridgehead atoms. The molecule has 0 atom stereocenters. The Bertz CT molecular complexity index is 657. The standard InChI is InChI=1S/C10H11N3O3.2C2H6/c1-5(2)13-9(14)7-4-6(3)11-12-8(7)16-10(13)15;2*1-2/h4-5H,1-3H3;2*1-2H3. The van der Waals surface area contributed by atoms with Gasteiger partial charge in [0.25, 0.3) is 11.3 Å². The summed E-state index contributed by atoms with van der Waals surface area (Å²) in [4.78, 5) is 23.5. The molecule has 20 heavy (non-hydrogen) atoms. The van der Waals surface area contributed by atoms with Crippen molar-refractivity contribution in [2.24, 2.45) is 0 Å². The molecule has 0 amide bonds. The summed E-state index contributed by atoms with van der Waals surface area (Å²) in [5.41, 5.74) is 0.200. The number of nitrogens with zero attached hydrogens (tertiary/aromatic N) is 3. The van der Waals surface area contributed by atoms with E-state index in [2.05, 4.69) is 10.2 Å². The number of fused-ring (bicyclic) bond motifs is 1. The van der Waals surface area contributed by atoms with Crippen LogP contribution in [0.1, 0.15) is 53.3 Å². The molecule has 0 aromatic carbocycles. The fourth-order valence-corrected chi connectivity index (χ4v) is 1.50. The van der Waals surface area contributed by atoms with E-state index in [1.54, 1.807) is 26.8 Å². The van der Waals surface area contributed by atoms with Crippen LogP contribution in [0, 0.1) is 6.92 Å². The highest BCUT2D eigenvalue weighted by molar-refractivity contribution is 5.70. The van der Waals surface area contributed by atoms with Crippen molar-refractivity contribution in [3.63, 3.8) is 0 Å². The van der Waals surface area contributed by atoms with E-state index in [1.165, 1.54) is 0 Å². The van der Waals surface area contributed by atoms with Gasteiger partial charge < -0.3 is 4.42 Å². The van der Waals surface area contributed by atoms with Gasteiger partial charge in [0.05, 0.1) is 5.69 Å². The number of aryl methyl sites for hydroxylation is 1. The summed E-state index contributed by atoms with van der Waals surface area (Å²) in [6.45, 7) is 13.2. The molecule has 0 aliphatic carbocycles. The van der Waals surface area contributed by atoms with Crippen LogP contribution in [0.5, 0.6) is 0 Å². The molecule has 0 spiro atoms. The minimum Gasteiger partial charge on any atom is -0.388 e. The van der Waals surface area contributed by atoms with Crippen LogP contribution < -0.4 is 11.3 Å². The van der Waals surface area contributed by atoms with Gasteiger partial charge >= 0.3 is 5.76 Å². The highest BCUT2D eigenvalue weighted by atomic mass is 16.4. The van der Waals surface area contributed by atoms with Crippen molar-refractivity contribution >= 4 is 11.1 Å². The van der Waals surface area contributed by atoms with Crippen LogP contribution in [0.2, 0.25) is 0 Å². The SMILES string of the molecule is CC.CC.Cc1cc2c(=O)n(C(C)C)c(=O)oc2nn1. The zero-order valence-corrected chi connectivity index (χ0v) is 13.2. The van der Waals surface area contributed by atoms with E-state index in [1.807, 2.05) is 27.7 Å². The number of aromatic nitrogens is 3. The largest absolute Gasteiger partial charge is 0.423 e. The summed E-state index contributed by atoms with van der Waals surface area (Å²) >= 11 is 0. The van der Waals surface area contributed by atoms with E-state index in [0.29, 0.717) is 5.69 Å². The normalized spacial score (nSPS) is 9.60. The molecule has 2 heterocycles. The van der Waals surface area contributed by atoms with Gasteiger partial charge in [-0.15, -0.1) is 5.10 Å². The van der Waals surface area contributed by atoms with E-state index < -0.39 is 5.76 Å². The monoisotopic (exact) mass is 281 g/mol. The second-order valence-corrected chi connectivity index (χ2v) is 3.84. The second-order valence-electron chi connectivity index (χ2n) is 3.84. The zero-order chi connectivity index (χ0) is 15.9. The van der Waals surface area contributed by atoms with Gasteiger partial charge in [0.15, 0.2) is 0 Å². The third-order valence-corrected chi connectivity index (χ3v) is 2.23. The lowest BCUT2D eigenvalue weighted by molar-refractivity contribution is 0.419. The van der Waals surface area contributed by atoms with Crippen LogP contribution >= 0.6 is 0 Å². The van der Waals surface area contributed by atoms with Crippen molar-refractivity contribution in [3.05, 3.63) is 32.7 Å². The van der Waals surface area contributed by atoms with Crippen LogP contribution in [0.3, 0.4) is 0 Å². The van der Waals surface area contributed by atoms with Gasteiger partial charge in [0.1, 0.15) is 5.39 Å². The highest BCUT2D eigenvalue weighted by Crippen LogP contribution is 2.05. The number of rotatable bonds is 1. The third kappa shape index (κ3) is 3.76. The lowest BCUT2D eigenvalue weighted by atomic mass is 10.3. The van der Waals surface area contributed by atoms with Gasteiger partial charge in [-0.05, 0) is 26.8 Å². The Morgan fingerprint density at radius 1 is 1.10 bits per heavy atom. The summed E-state index contributed by atoms with van der Waals surface area (Å²) < 4.78 is 5.98. The van der Waals surface area contributed by atoms with E-state index in [4.69, 9.17) is 4.42 Å². The maximum Gasteiger partial charge on any atom is 0.423 e. The fraction of sp³-hybridized carbons (Fsp3) is 0.571. The second kappa shape index (κ2) is 8.24. The first-order chi connectivity index (χ1) is 9.50. The lowest BCUT2D eigenvalue weighted by Gasteiger charge is -2.07. The Hall–Kier alpha value is -1.98. The Morgan fingerprint density at radius 2 is 1.65 bits per heavy atom. The van der Waals surface area contributed by atoms with Gasteiger partial charge in [-0.3, -0.25) is 4.79 Å². The highest BCUT2D eigenvalue weighted by Gasteiger charge is 2.13. The van der Waals surface area contributed by atoms with Crippen molar-refractivity contribution in [1.29, 1.82) is 0 Å². The predicted octanol–water partition coefficient (Wildman–Crippen LogP) is 2.69. The number of hydrogen-bond donors (Lipinski definition) is 0. The molecule has 0 radical (unpaired) electrons. The molecule has 0 aliphatic rings. The smallest absolute Gasteiger partial charge is 0.388 e. The molecule has 2 aromatic rings. The minimum atomic E-state index is -0.703. The first-order valence-corrected chi connectivity index (χ1v) is 6.90. The average molecular weight is 281 g/mol. The van der Waals surface area contributed by atoms with Gasteiger partial charge in [-0.2, -0.15) is 5.10 Å². The summed E-state index contributed by atoms with van der Waals surface area (Å²) in [5, 5.41) is 7.68. The van der Waals surface area contributed by atoms with E-state index >= 15 is 0 Å². The molecule has 0 unspecified atom stereocenters. The maximum atomic E-state index is 12.0. The molecular formula is C14H23N3O3. The molecule has 2 aromatic heterocycles. The molecule has 2 rings (SSSR count). The molecule has 112 valence electrons. The van der Waals surface area contributed by atoms with Crippen LogP contribution in [0.4, 0.5) is 0 Å². The Morgan fingerprint density at radius 3 is 2.15 bits per heavy atom. The Kier molecular flexibility index (Phi) is 7.43. The molecule has 0 aliphatic heterocycles. The molecule has 0 saturated carbocycles. The van der Waals surface area contributed by atoms with Crippen molar-refractivity contribution in [2.75, 3.05) is 0 Å². The maximum absolute atomic E-state index is 12.0. The van der Waals surface area contributed by atoms with Gasteiger partial charge in [-0.25, -0.2) is 9.36 Å². The number of hydrogen-bond acceptors (Lipinski definition) is 5. The van der Waals surface area contributed by atoms with Crippen molar-refractivity contribution in [1.82, 2.24) is 14.8 Å². The van der Waals surface area contributed by atoms with E-state index in [0.717, 1.165) is 4.57 Å². The van der Waals surface area contributed by atoms with Crippen LogP contribution in [-0.2, 0) is 0 Å². The first-order valence-electron chi connectivity index (χ1n) is 6.90. The molecule has 6 heteroatoms. The Balaban J connectivity index is 0.000000829. The Labute approximate surface area is 118 Å². The van der Waals surface area contributed by atoms with E-state index in [-0.39, 0.29) is 22.7 Å². The van der Waals surface area contributed by atoms with Crippen molar-refractivity contribution < 1.29 is 4.42 Å². The van der Waals surface area contributed by atoms with E-state index in [9.17, 15) is 9.59 Å². The topological polar surface area (TPSA) is 78.0 Å². The third-order valence-electron chi connectivity index (χ3n) is 2.23. The predicted molar refractivity (Wildman–Crippen MR) is 80.2 cm³/mol. The minimum absolute atomic E-state index is 0.0162. The lowest BCUT2D eigenvalue weighted by Crippen LogP contribution is -2.34. The van der Waals surface area contributed by atoms with Crippen molar-refractivity contribution in [3.8, 4) is 0 Å². The molecular weight excluding hydrogens is 258 g/mol. The molecule has 0 N–H and O–H groups in total. The summed E-state index contributed by atoms with van der Waals surface area (Å²) in [6.07, 6.45) is 0.